The maximum absolute atomic E-state index is 13.0. The Labute approximate surface area is 399 Å². The quantitative estimate of drug-likeness (QED) is 0.0319. The number of aliphatic hydroxyl groups excluding tert-OH is 1. The van der Waals surface area contributed by atoms with Gasteiger partial charge in [0, 0.05) is 6.42 Å². The topological polar surface area (TPSA) is 105 Å². The first-order valence-corrected chi connectivity index (χ1v) is 29.9. The van der Waals surface area contributed by atoms with Crippen LogP contribution in [0.4, 0.5) is 0 Å². The van der Waals surface area contributed by atoms with Crippen LogP contribution in [0.3, 0.4) is 0 Å². The fourth-order valence-electron chi connectivity index (χ4n) is 8.87. The van der Waals surface area contributed by atoms with Crippen LogP contribution in [-0.4, -0.2) is 73.4 Å². The van der Waals surface area contributed by atoms with Crippen LogP contribution in [0.2, 0.25) is 0 Å². The average molecular weight is 930 g/mol. The Morgan fingerprint density at radius 3 is 1.05 bits per heavy atom. The molecule has 0 fully saturated rings. The van der Waals surface area contributed by atoms with Gasteiger partial charge in [-0.3, -0.25) is 13.8 Å². The van der Waals surface area contributed by atoms with Crippen LogP contribution >= 0.6 is 7.82 Å². The van der Waals surface area contributed by atoms with Crippen molar-refractivity contribution in [2.24, 2.45) is 0 Å². The van der Waals surface area contributed by atoms with Crippen LogP contribution < -0.4 is 5.32 Å². The molecule has 0 spiro atoms. The van der Waals surface area contributed by atoms with Crippen molar-refractivity contribution in [1.82, 2.24) is 5.32 Å². The van der Waals surface area contributed by atoms with Gasteiger partial charge in [-0.1, -0.05) is 277 Å². The largest absolute Gasteiger partial charge is 0.472 e. The third-order valence-electron chi connectivity index (χ3n) is 13.4. The van der Waals surface area contributed by atoms with Gasteiger partial charge < -0.3 is 19.8 Å². The summed E-state index contributed by atoms with van der Waals surface area (Å²) in [7, 11) is 1.64. The first-order valence-electron chi connectivity index (χ1n) is 28.4. The molecule has 3 N–H and O–H groups in total. The summed E-state index contributed by atoms with van der Waals surface area (Å²) >= 11 is 0. The number of amides is 1. The molecule has 0 aliphatic heterocycles. The van der Waals surface area contributed by atoms with Crippen molar-refractivity contribution in [2.75, 3.05) is 40.9 Å². The Balaban J connectivity index is 4.10. The fourth-order valence-corrected chi connectivity index (χ4v) is 9.61. The van der Waals surface area contributed by atoms with E-state index in [1.807, 2.05) is 21.1 Å². The molecule has 0 aromatic carbocycles. The van der Waals surface area contributed by atoms with Crippen LogP contribution in [0.25, 0.3) is 0 Å². The molecule has 0 aliphatic rings. The molecular formula is C55H114N2O6P+. The van der Waals surface area contributed by atoms with Crippen LogP contribution in [0, 0.1) is 0 Å². The summed E-state index contributed by atoms with van der Waals surface area (Å²) in [4.78, 5) is 23.3. The Morgan fingerprint density at radius 1 is 0.469 bits per heavy atom. The molecule has 1 amide bonds. The Morgan fingerprint density at radius 2 is 0.750 bits per heavy atom. The monoisotopic (exact) mass is 930 g/mol. The summed E-state index contributed by atoms with van der Waals surface area (Å²) in [6.07, 6.45) is 55.8. The van der Waals surface area contributed by atoms with E-state index in [1.54, 1.807) is 0 Å². The number of phosphoric ester groups is 1. The van der Waals surface area contributed by atoms with E-state index < -0.39 is 20.0 Å². The third kappa shape index (κ3) is 49.4. The van der Waals surface area contributed by atoms with Gasteiger partial charge in [0.25, 0.3) is 0 Å². The van der Waals surface area contributed by atoms with Gasteiger partial charge in [0.2, 0.25) is 5.91 Å². The summed E-state index contributed by atoms with van der Waals surface area (Å²) in [5.41, 5.74) is 0. The molecule has 0 saturated carbocycles. The Hall–Kier alpha value is -0.500. The number of carbonyl (C=O) groups excluding carboxylic acids is 1. The van der Waals surface area contributed by atoms with Crippen LogP contribution in [0.1, 0.15) is 296 Å². The average Bonchev–Trinajstić information content (AvgIpc) is 3.25. The van der Waals surface area contributed by atoms with Crippen molar-refractivity contribution in [3.05, 3.63) is 0 Å². The summed E-state index contributed by atoms with van der Waals surface area (Å²) in [5, 5.41) is 14.1. The highest BCUT2D eigenvalue weighted by Crippen LogP contribution is 2.43. The predicted molar refractivity (Wildman–Crippen MR) is 277 cm³/mol. The molecule has 0 radical (unpaired) electrons. The molecule has 0 bridgehead atoms. The van der Waals surface area contributed by atoms with E-state index >= 15 is 0 Å². The van der Waals surface area contributed by atoms with Crippen molar-refractivity contribution < 1.29 is 32.9 Å². The normalized spacial score (nSPS) is 13.9. The third-order valence-corrected chi connectivity index (χ3v) is 14.3. The molecule has 0 aliphatic carbocycles. The Kier molecular flexibility index (Phi) is 47.2. The van der Waals surface area contributed by atoms with Crippen molar-refractivity contribution >= 4 is 13.7 Å². The number of hydrogen-bond acceptors (Lipinski definition) is 5. The van der Waals surface area contributed by atoms with Crippen molar-refractivity contribution in [3.63, 3.8) is 0 Å². The lowest BCUT2D eigenvalue weighted by atomic mass is 10.0. The van der Waals surface area contributed by atoms with Gasteiger partial charge in [0.15, 0.2) is 0 Å². The van der Waals surface area contributed by atoms with Gasteiger partial charge in [0.1, 0.15) is 13.2 Å². The lowest BCUT2D eigenvalue weighted by molar-refractivity contribution is -0.870. The number of nitrogens with one attached hydrogen (secondary N) is 1. The van der Waals surface area contributed by atoms with Gasteiger partial charge in [-0.2, -0.15) is 0 Å². The van der Waals surface area contributed by atoms with E-state index in [-0.39, 0.29) is 19.1 Å². The molecule has 0 saturated heterocycles. The van der Waals surface area contributed by atoms with E-state index in [9.17, 15) is 19.4 Å². The number of rotatable bonds is 53. The molecule has 0 rings (SSSR count). The fraction of sp³-hybridized carbons (Fsp3) is 0.982. The highest BCUT2D eigenvalue weighted by Gasteiger charge is 2.28. The van der Waals surface area contributed by atoms with Crippen LogP contribution in [-0.2, 0) is 18.4 Å². The first-order chi connectivity index (χ1) is 31.0. The number of unbranched alkanes of at least 4 members (excludes halogenated alkanes) is 40. The van der Waals surface area contributed by atoms with E-state index in [4.69, 9.17) is 9.05 Å². The number of phosphoric acid groups is 1. The minimum Gasteiger partial charge on any atom is -0.391 e. The zero-order valence-electron chi connectivity index (χ0n) is 43.8. The molecule has 3 atom stereocenters. The van der Waals surface area contributed by atoms with Gasteiger partial charge in [0.05, 0.1) is 39.9 Å². The van der Waals surface area contributed by atoms with Crippen LogP contribution in [0.5, 0.6) is 0 Å². The summed E-state index contributed by atoms with van der Waals surface area (Å²) < 4.78 is 23.8. The van der Waals surface area contributed by atoms with Crippen molar-refractivity contribution in [3.8, 4) is 0 Å². The lowest BCUT2D eigenvalue weighted by Crippen LogP contribution is -2.46. The van der Waals surface area contributed by atoms with E-state index in [1.165, 1.54) is 231 Å². The highest BCUT2D eigenvalue weighted by atomic mass is 31.2. The predicted octanol–water partition coefficient (Wildman–Crippen LogP) is 16.9. The number of hydrogen-bond donors (Lipinski definition) is 3. The summed E-state index contributed by atoms with van der Waals surface area (Å²) in [6.45, 7) is 4.94. The SMILES string of the molecule is CCCCCCCCCCCCCCCCCCCCCCCCCCCC(=O)N[C@@H](COP(=O)(O)OCC[N+](C)(C)C)[C@H](O)CCCCCCCCCCCCCCCCCCC. The highest BCUT2D eigenvalue weighted by molar-refractivity contribution is 7.47. The van der Waals surface area contributed by atoms with Gasteiger partial charge in [-0.05, 0) is 12.8 Å². The molecule has 1 unspecified atom stereocenters. The number of nitrogens with zero attached hydrogens (tertiary/aromatic N) is 1. The van der Waals surface area contributed by atoms with Gasteiger partial charge in [-0.15, -0.1) is 0 Å². The zero-order valence-corrected chi connectivity index (χ0v) is 44.7. The molecule has 64 heavy (non-hydrogen) atoms. The minimum absolute atomic E-state index is 0.0791. The van der Waals surface area contributed by atoms with E-state index in [2.05, 4.69) is 19.2 Å². The second-order valence-corrected chi connectivity index (χ2v) is 22.5. The standard InChI is InChI=1S/C55H113N2O6P/c1-6-8-10-12-14-16-18-20-22-24-25-26-27-28-29-30-31-33-35-37-39-41-43-45-47-49-55(59)56-53(52-63-64(60,61)62-51-50-57(3,4)5)54(58)48-46-44-42-40-38-36-34-32-23-21-19-17-15-13-11-9-7-2/h53-54,58H,6-52H2,1-5H3,(H-,56,59,60,61)/p+1/t53-,54+/m0/s1. The minimum atomic E-state index is -4.32. The lowest BCUT2D eigenvalue weighted by Gasteiger charge is -2.26. The van der Waals surface area contributed by atoms with E-state index in [0.29, 0.717) is 23.9 Å². The van der Waals surface area contributed by atoms with Crippen LogP contribution in [0.15, 0.2) is 0 Å². The smallest absolute Gasteiger partial charge is 0.391 e. The molecule has 0 aromatic rings. The number of quaternary nitrogens is 1. The molecule has 8 nitrogen and oxygen atoms in total. The van der Waals surface area contributed by atoms with Gasteiger partial charge >= 0.3 is 7.82 Å². The van der Waals surface area contributed by atoms with Crippen molar-refractivity contribution in [1.29, 1.82) is 0 Å². The summed E-state index contributed by atoms with van der Waals surface area (Å²) in [5.74, 6) is -0.136. The van der Waals surface area contributed by atoms with Crippen molar-refractivity contribution in [2.45, 2.75) is 309 Å². The molecule has 0 heterocycles. The molecular weight excluding hydrogens is 816 g/mol. The second kappa shape index (κ2) is 47.6. The van der Waals surface area contributed by atoms with Gasteiger partial charge in [-0.25, -0.2) is 4.57 Å². The molecule has 384 valence electrons. The maximum atomic E-state index is 13.0. The number of aliphatic hydroxyl groups is 1. The summed E-state index contributed by atoms with van der Waals surface area (Å²) in [6, 6.07) is -0.754. The first kappa shape index (κ1) is 63.5. The second-order valence-electron chi connectivity index (χ2n) is 21.0. The number of likely N-dealkylation sites (N-methyl/N-ethyl adjacent to an activating group) is 1. The maximum Gasteiger partial charge on any atom is 0.472 e. The number of carbonyl (C=O) groups is 1. The Bertz CT molecular complexity index is 1010. The van der Waals surface area contributed by atoms with E-state index in [0.717, 1.165) is 38.5 Å². The zero-order chi connectivity index (χ0) is 47.1. The molecule has 0 aromatic heterocycles. The molecule has 9 heteroatoms.